The van der Waals surface area contributed by atoms with E-state index in [-0.39, 0.29) is 17.9 Å². The Hall–Kier alpha value is -3.88. The predicted molar refractivity (Wildman–Crippen MR) is 165 cm³/mol. The number of methoxy groups -OCH3 is 1. The molecule has 0 aliphatic carbocycles. The van der Waals surface area contributed by atoms with Crippen LogP contribution < -0.4 is 15.3 Å². The lowest BCUT2D eigenvalue weighted by Crippen LogP contribution is -2.54. The van der Waals surface area contributed by atoms with Crippen LogP contribution in [-0.4, -0.2) is 58.1 Å². The van der Waals surface area contributed by atoms with Crippen molar-refractivity contribution in [1.82, 2.24) is 19.4 Å². The minimum absolute atomic E-state index is 0.118. The molecule has 0 unspecified atom stereocenters. The fourth-order valence-electron chi connectivity index (χ4n) is 5.32. The summed E-state index contributed by atoms with van der Waals surface area (Å²) < 4.78 is 6.97. The van der Waals surface area contributed by atoms with Gasteiger partial charge in [-0.2, -0.15) is 4.98 Å². The topological polar surface area (TPSA) is 80.6 Å². The molecule has 1 aliphatic rings. The number of hydrogen-bond acceptors (Lipinski definition) is 6. The summed E-state index contributed by atoms with van der Waals surface area (Å²) in [5, 5.41) is 1.42. The number of hydrogen-bond donors (Lipinski definition) is 0. The molecule has 5 rings (SSSR count). The van der Waals surface area contributed by atoms with Crippen molar-refractivity contribution < 1.29 is 9.53 Å². The molecule has 1 atom stereocenters. The number of fused-ring (bicyclic) bond motifs is 1. The van der Waals surface area contributed by atoms with Crippen LogP contribution >= 0.6 is 23.2 Å². The molecule has 10 heteroatoms. The summed E-state index contributed by atoms with van der Waals surface area (Å²) in [5.41, 5.74) is 2.62. The Morgan fingerprint density at radius 2 is 1.85 bits per heavy atom. The van der Waals surface area contributed by atoms with Crippen LogP contribution in [0.15, 0.2) is 66.0 Å². The van der Waals surface area contributed by atoms with Gasteiger partial charge >= 0.3 is 5.69 Å². The lowest BCUT2D eigenvalue weighted by atomic mass is 10.0. The summed E-state index contributed by atoms with van der Waals surface area (Å²) in [7, 11) is 1.57. The molecule has 8 nitrogen and oxygen atoms in total. The molecule has 0 spiro atoms. The first-order valence-corrected chi connectivity index (χ1v) is 14.1. The van der Waals surface area contributed by atoms with E-state index >= 15 is 0 Å². The predicted octanol–water partition coefficient (Wildman–Crippen LogP) is 6.11. The zero-order valence-electron chi connectivity index (χ0n) is 23.4. The van der Waals surface area contributed by atoms with Gasteiger partial charge in [-0.15, -0.1) is 0 Å². The zero-order valence-corrected chi connectivity index (χ0v) is 24.9. The Morgan fingerprint density at radius 1 is 1.10 bits per heavy atom. The van der Waals surface area contributed by atoms with Crippen LogP contribution in [0, 0.1) is 0 Å². The maximum atomic E-state index is 13.9. The summed E-state index contributed by atoms with van der Waals surface area (Å²) in [6.07, 6.45) is 1.32. The second-order valence-corrected chi connectivity index (χ2v) is 11.1. The van der Waals surface area contributed by atoms with Crippen LogP contribution in [0.5, 0.6) is 5.75 Å². The second-order valence-electron chi connectivity index (χ2n) is 10.3. The third-order valence-electron chi connectivity index (χ3n) is 7.42. The van der Waals surface area contributed by atoms with E-state index in [9.17, 15) is 9.59 Å². The molecule has 3 heterocycles. The Balaban J connectivity index is 1.79. The van der Waals surface area contributed by atoms with Crippen molar-refractivity contribution in [3.05, 3.63) is 87.3 Å². The van der Waals surface area contributed by atoms with Crippen molar-refractivity contribution in [3.8, 4) is 22.7 Å². The number of carbonyl (C=O) groups excluding carboxylic acids is 1. The molecule has 212 valence electrons. The maximum absolute atomic E-state index is 13.9. The Bertz CT molecular complexity index is 1720. The molecule has 1 aliphatic heterocycles. The van der Waals surface area contributed by atoms with Gasteiger partial charge in [-0.3, -0.25) is 4.79 Å². The number of halogens is 2. The average Bonchev–Trinajstić information content (AvgIpc) is 2.96. The van der Waals surface area contributed by atoms with Gasteiger partial charge < -0.3 is 14.5 Å². The molecule has 41 heavy (non-hydrogen) atoms. The fourth-order valence-corrected chi connectivity index (χ4v) is 5.78. The Morgan fingerprint density at radius 3 is 2.54 bits per heavy atom. The summed E-state index contributed by atoms with van der Waals surface area (Å²) >= 11 is 13.5. The van der Waals surface area contributed by atoms with Gasteiger partial charge in [0.1, 0.15) is 11.6 Å². The minimum atomic E-state index is -0.463. The number of benzene rings is 2. The molecular formula is C31H31Cl2N5O3. The van der Waals surface area contributed by atoms with Crippen molar-refractivity contribution in [3.63, 3.8) is 0 Å². The number of rotatable bonds is 6. The Labute approximate surface area is 248 Å². The number of anilines is 1. The molecule has 0 radical (unpaired) electrons. The van der Waals surface area contributed by atoms with E-state index in [0.29, 0.717) is 69.2 Å². The van der Waals surface area contributed by atoms with E-state index < -0.39 is 5.69 Å². The first-order valence-electron chi connectivity index (χ1n) is 13.4. The third-order valence-corrected chi connectivity index (χ3v) is 8.03. The standard InChI is InChI=1S/C31H31Cl2N5O3/c1-6-27(39)36-13-14-37(19(4)17-36)29-23-16-25(33)28(22-15-20(41-5)11-12-24(22)32)34-30(23)38(31(40)35-29)26-10-8-7-9-21(26)18(2)3/h6-12,15-16,18-19H,1,13-14,17H2,2-5H3/t19-/m0/s1. The number of aromatic nitrogens is 3. The van der Waals surface area contributed by atoms with Gasteiger partial charge in [0.25, 0.3) is 0 Å². The lowest BCUT2D eigenvalue weighted by Gasteiger charge is -2.40. The average molecular weight is 593 g/mol. The molecule has 1 saturated heterocycles. The minimum Gasteiger partial charge on any atom is -0.497 e. The largest absolute Gasteiger partial charge is 0.497 e. The van der Waals surface area contributed by atoms with Crippen LogP contribution in [0.25, 0.3) is 28.0 Å². The van der Waals surface area contributed by atoms with Crippen LogP contribution in [0.3, 0.4) is 0 Å². The van der Waals surface area contributed by atoms with Gasteiger partial charge in [-0.25, -0.2) is 14.3 Å². The van der Waals surface area contributed by atoms with Crippen LogP contribution in [0.4, 0.5) is 5.82 Å². The molecule has 1 fully saturated rings. The van der Waals surface area contributed by atoms with Crippen molar-refractivity contribution in [2.45, 2.75) is 32.7 Å². The summed E-state index contributed by atoms with van der Waals surface area (Å²) in [4.78, 5) is 39.6. The molecule has 1 amide bonds. The van der Waals surface area contributed by atoms with E-state index in [1.807, 2.05) is 36.1 Å². The number of para-hydroxylation sites is 1. The number of piperazine rings is 1. The van der Waals surface area contributed by atoms with Crippen LogP contribution in [-0.2, 0) is 4.79 Å². The van der Waals surface area contributed by atoms with Gasteiger partial charge in [0.2, 0.25) is 5.91 Å². The van der Waals surface area contributed by atoms with E-state index in [0.717, 1.165) is 5.56 Å². The molecular weight excluding hydrogens is 561 g/mol. The zero-order chi connectivity index (χ0) is 29.4. The van der Waals surface area contributed by atoms with Crippen molar-refractivity contribution in [2.24, 2.45) is 0 Å². The highest BCUT2D eigenvalue weighted by Gasteiger charge is 2.30. The molecule has 0 N–H and O–H groups in total. The SMILES string of the molecule is C=CC(=O)N1CCN(c2nc(=O)n(-c3ccccc3C(C)C)c3nc(-c4cc(OC)ccc4Cl)c(Cl)cc23)[C@@H](C)C1. The van der Waals surface area contributed by atoms with Gasteiger partial charge in [0, 0.05) is 31.2 Å². The van der Waals surface area contributed by atoms with Gasteiger partial charge in [0.15, 0.2) is 5.65 Å². The number of amides is 1. The highest BCUT2D eigenvalue weighted by molar-refractivity contribution is 6.36. The van der Waals surface area contributed by atoms with E-state index in [4.69, 9.17) is 32.9 Å². The van der Waals surface area contributed by atoms with E-state index in [1.54, 1.807) is 40.8 Å². The van der Waals surface area contributed by atoms with Crippen LogP contribution in [0.1, 0.15) is 32.3 Å². The number of pyridine rings is 1. The van der Waals surface area contributed by atoms with Crippen molar-refractivity contribution in [1.29, 1.82) is 0 Å². The molecule has 0 saturated carbocycles. The fraction of sp³-hybridized carbons (Fsp3) is 0.290. The smallest absolute Gasteiger partial charge is 0.355 e. The maximum Gasteiger partial charge on any atom is 0.355 e. The van der Waals surface area contributed by atoms with E-state index in [1.165, 1.54) is 6.08 Å². The van der Waals surface area contributed by atoms with Gasteiger partial charge in [-0.05, 0) is 54.8 Å². The number of nitrogens with zero attached hydrogens (tertiary/aromatic N) is 5. The monoisotopic (exact) mass is 591 g/mol. The summed E-state index contributed by atoms with van der Waals surface area (Å²) in [5.74, 6) is 1.09. The normalized spacial score (nSPS) is 15.4. The quantitative estimate of drug-likeness (QED) is 0.252. The number of ether oxygens (including phenoxy) is 1. The van der Waals surface area contributed by atoms with Gasteiger partial charge in [-0.1, -0.05) is 61.8 Å². The van der Waals surface area contributed by atoms with Crippen molar-refractivity contribution in [2.75, 3.05) is 31.6 Å². The highest BCUT2D eigenvalue weighted by Crippen LogP contribution is 2.38. The van der Waals surface area contributed by atoms with Gasteiger partial charge in [0.05, 0.1) is 33.9 Å². The first kappa shape index (κ1) is 28.6. The summed E-state index contributed by atoms with van der Waals surface area (Å²) in [6.45, 7) is 11.2. The third kappa shape index (κ3) is 5.29. The lowest BCUT2D eigenvalue weighted by molar-refractivity contribution is -0.126. The highest BCUT2D eigenvalue weighted by atomic mass is 35.5. The summed E-state index contributed by atoms with van der Waals surface area (Å²) in [6, 6.07) is 14.7. The molecule has 0 bridgehead atoms. The number of carbonyl (C=O) groups is 1. The van der Waals surface area contributed by atoms with Crippen LogP contribution in [0.2, 0.25) is 10.0 Å². The first-order chi connectivity index (χ1) is 19.6. The molecule has 2 aromatic carbocycles. The Kier molecular flexibility index (Phi) is 8.07. The molecule has 2 aromatic heterocycles. The van der Waals surface area contributed by atoms with E-state index in [2.05, 4.69) is 25.4 Å². The molecule has 4 aromatic rings. The van der Waals surface area contributed by atoms with Crippen molar-refractivity contribution >= 4 is 46.0 Å². The second kappa shape index (κ2) is 11.5.